The number of carbonyl (C=O) groups is 1. The zero-order chi connectivity index (χ0) is 19.5. The summed E-state index contributed by atoms with van der Waals surface area (Å²) in [6.07, 6.45) is 0. The van der Waals surface area contributed by atoms with Crippen molar-refractivity contribution in [1.29, 1.82) is 0 Å². The number of phenolic OH excluding ortho intramolecular Hbond substituents is 1. The molecule has 0 spiro atoms. The molecule has 0 radical (unpaired) electrons. The van der Waals surface area contributed by atoms with Gasteiger partial charge in [-0.25, -0.2) is 0 Å². The molecule has 0 aliphatic heterocycles. The summed E-state index contributed by atoms with van der Waals surface area (Å²) in [5, 5.41) is 15.3. The number of hydrogen-bond donors (Lipinski definition) is 2. The van der Waals surface area contributed by atoms with Crippen molar-refractivity contribution < 1.29 is 14.6 Å². The Kier molecular flexibility index (Phi) is 4.87. The smallest absolute Gasteiger partial charge is 0.259 e. The summed E-state index contributed by atoms with van der Waals surface area (Å²) in [5.41, 5.74) is 0.582. The van der Waals surface area contributed by atoms with Crippen molar-refractivity contribution in [2.24, 2.45) is 0 Å². The Bertz CT molecular complexity index is 1160. The van der Waals surface area contributed by atoms with E-state index in [9.17, 15) is 9.90 Å². The van der Waals surface area contributed by atoms with E-state index in [1.807, 2.05) is 54.6 Å². The van der Waals surface area contributed by atoms with Crippen LogP contribution in [0.15, 0.2) is 84.9 Å². The molecule has 0 aromatic heterocycles. The number of halogens is 1. The van der Waals surface area contributed by atoms with Gasteiger partial charge in [-0.3, -0.25) is 4.79 Å². The summed E-state index contributed by atoms with van der Waals surface area (Å²) >= 11 is 6.10. The first-order valence-corrected chi connectivity index (χ1v) is 9.03. The Balaban J connectivity index is 1.66. The van der Waals surface area contributed by atoms with Crippen LogP contribution in [0.1, 0.15) is 10.4 Å². The Morgan fingerprint density at radius 1 is 0.857 bits per heavy atom. The monoisotopic (exact) mass is 389 g/mol. The molecule has 1 amide bonds. The SMILES string of the molecule is O=C(Nc1cc(Cl)ccc1Oc1ccccc1)c1cc2ccccc2cc1O. The number of carbonyl (C=O) groups excluding carboxylic acids is 1. The molecule has 4 rings (SSSR count). The number of anilines is 1. The molecule has 5 heteroatoms. The fourth-order valence-electron chi connectivity index (χ4n) is 2.90. The first-order chi connectivity index (χ1) is 13.6. The molecule has 4 nitrogen and oxygen atoms in total. The van der Waals surface area contributed by atoms with Crippen LogP contribution in [0.5, 0.6) is 17.2 Å². The summed E-state index contributed by atoms with van der Waals surface area (Å²) in [6, 6.07) is 25.0. The standard InChI is InChI=1S/C23H16ClNO3/c24-17-10-11-22(28-18-8-2-1-3-9-18)20(14-17)25-23(27)19-12-15-6-4-5-7-16(15)13-21(19)26/h1-14,26H,(H,25,27). The number of nitrogens with one attached hydrogen (secondary N) is 1. The van der Waals surface area contributed by atoms with Gasteiger partial charge < -0.3 is 15.2 Å². The van der Waals surface area contributed by atoms with E-state index in [1.54, 1.807) is 30.3 Å². The highest BCUT2D eigenvalue weighted by Crippen LogP contribution is 2.33. The Morgan fingerprint density at radius 3 is 2.29 bits per heavy atom. The third kappa shape index (κ3) is 3.77. The largest absolute Gasteiger partial charge is 0.507 e. The van der Waals surface area contributed by atoms with E-state index in [4.69, 9.17) is 16.3 Å². The second kappa shape index (κ2) is 7.62. The lowest BCUT2D eigenvalue weighted by Crippen LogP contribution is -2.13. The predicted octanol–water partition coefficient (Wildman–Crippen LogP) is 6.24. The van der Waals surface area contributed by atoms with E-state index < -0.39 is 5.91 Å². The number of aromatic hydroxyl groups is 1. The number of para-hydroxylation sites is 1. The first-order valence-electron chi connectivity index (χ1n) is 8.66. The molecule has 0 heterocycles. The van der Waals surface area contributed by atoms with Gasteiger partial charge in [-0.05, 0) is 53.2 Å². The fourth-order valence-corrected chi connectivity index (χ4v) is 3.08. The van der Waals surface area contributed by atoms with Crippen LogP contribution < -0.4 is 10.1 Å². The Labute approximate surface area is 167 Å². The van der Waals surface area contributed by atoms with Crippen LogP contribution in [-0.4, -0.2) is 11.0 Å². The molecule has 0 aliphatic rings. The van der Waals surface area contributed by atoms with Crippen LogP contribution in [0, 0.1) is 0 Å². The van der Waals surface area contributed by atoms with E-state index in [0.717, 1.165) is 10.8 Å². The Morgan fingerprint density at radius 2 is 1.54 bits per heavy atom. The summed E-state index contributed by atoms with van der Waals surface area (Å²) < 4.78 is 5.87. The van der Waals surface area contributed by atoms with Gasteiger partial charge in [0, 0.05) is 5.02 Å². The van der Waals surface area contributed by atoms with Crippen molar-refractivity contribution in [1.82, 2.24) is 0 Å². The third-order valence-electron chi connectivity index (χ3n) is 4.27. The minimum absolute atomic E-state index is 0.0937. The molecule has 138 valence electrons. The maximum atomic E-state index is 12.8. The van der Waals surface area contributed by atoms with Crippen molar-refractivity contribution in [3.8, 4) is 17.2 Å². The van der Waals surface area contributed by atoms with E-state index in [2.05, 4.69) is 5.32 Å². The molecule has 0 bridgehead atoms. The topological polar surface area (TPSA) is 58.6 Å². The molecule has 4 aromatic carbocycles. The molecular weight excluding hydrogens is 374 g/mol. The van der Waals surface area contributed by atoms with Crippen LogP contribution in [0.4, 0.5) is 5.69 Å². The number of fused-ring (bicyclic) bond motifs is 1. The Hall–Kier alpha value is -3.50. The molecule has 4 aromatic rings. The zero-order valence-electron chi connectivity index (χ0n) is 14.7. The van der Waals surface area contributed by atoms with Crippen molar-refractivity contribution >= 4 is 34.0 Å². The number of phenols is 1. The molecule has 0 atom stereocenters. The highest BCUT2D eigenvalue weighted by molar-refractivity contribution is 6.31. The lowest BCUT2D eigenvalue weighted by molar-refractivity contribution is 0.102. The molecule has 28 heavy (non-hydrogen) atoms. The van der Waals surface area contributed by atoms with Crippen molar-refractivity contribution in [2.45, 2.75) is 0 Å². The van der Waals surface area contributed by atoms with Gasteiger partial charge in [0.1, 0.15) is 11.5 Å². The number of hydrogen-bond acceptors (Lipinski definition) is 3. The maximum absolute atomic E-state index is 12.8. The molecule has 0 saturated carbocycles. The van der Waals surface area contributed by atoms with Crippen molar-refractivity contribution in [3.05, 3.63) is 95.5 Å². The van der Waals surface area contributed by atoms with Crippen LogP contribution in [0.3, 0.4) is 0 Å². The van der Waals surface area contributed by atoms with Crippen LogP contribution in [0.2, 0.25) is 5.02 Å². The van der Waals surface area contributed by atoms with E-state index in [-0.39, 0.29) is 11.3 Å². The number of rotatable bonds is 4. The van der Waals surface area contributed by atoms with Gasteiger partial charge in [0.05, 0.1) is 11.3 Å². The summed E-state index contributed by atoms with van der Waals surface area (Å²) in [5.74, 6) is 0.533. The van der Waals surface area contributed by atoms with Crippen LogP contribution in [-0.2, 0) is 0 Å². The van der Waals surface area contributed by atoms with Crippen LogP contribution >= 0.6 is 11.6 Å². The number of benzene rings is 4. The summed E-state index contributed by atoms with van der Waals surface area (Å²) in [6.45, 7) is 0. The minimum atomic E-state index is -0.455. The second-order valence-corrected chi connectivity index (χ2v) is 6.66. The molecule has 0 saturated heterocycles. The lowest BCUT2D eigenvalue weighted by atomic mass is 10.1. The highest BCUT2D eigenvalue weighted by Gasteiger charge is 2.16. The average Bonchev–Trinajstić information content (AvgIpc) is 2.70. The van der Waals surface area contributed by atoms with E-state index >= 15 is 0 Å². The van der Waals surface area contributed by atoms with Crippen molar-refractivity contribution in [2.75, 3.05) is 5.32 Å². The summed E-state index contributed by atoms with van der Waals surface area (Å²) in [4.78, 5) is 12.8. The maximum Gasteiger partial charge on any atom is 0.259 e. The van der Waals surface area contributed by atoms with E-state index in [0.29, 0.717) is 22.2 Å². The normalized spacial score (nSPS) is 10.6. The molecule has 2 N–H and O–H groups in total. The van der Waals surface area contributed by atoms with Gasteiger partial charge in [0.25, 0.3) is 5.91 Å². The average molecular weight is 390 g/mol. The van der Waals surface area contributed by atoms with Gasteiger partial charge >= 0.3 is 0 Å². The number of amides is 1. The van der Waals surface area contributed by atoms with Crippen molar-refractivity contribution in [3.63, 3.8) is 0 Å². The zero-order valence-corrected chi connectivity index (χ0v) is 15.5. The fraction of sp³-hybridized carbons (Fsp3) is 0. The molecule has 0 fully saturated rings. The molecular formula is C23H16ClNO3. The predicted molar refractivity (Wildman–Crippen MR) is 112 cm³/mol. The van der Waals surface area contributed by atoms with Crippen LogP contribution in [0.25, 0.3) is 10.8 Å². The lowest BCUT2D eigenvalue weighted by Gasteiger charge is -2.14. The first kappa shape index (κ1) is 17.9. The number of ether oxygens (including phenoxy) is 1. The van der Waals surface area contributed by atoms with Gasteiger partial charge in [-0.1, -0.05) is 54.1 Å². The third-order valence-corrected chi connectivity index (χ3v) is 4.50. The molecule has 0 aliphatic carbocycles. The quantitative estimate of drug-likeness (QED) is 0.434. The highest BCUT2D eigenvalue weighted by atomic mass is 35.5. The minimum Gasteiger partial charge on any atom is -0.507 e. The van der Waals surface area contributed by atoms with Gasteiger partial charge in [-0.2, -0.15) is 0 Å². The van der Waals surface area contributed by atoms with Gasteiger partial charge in [0.15, 0.2) is 5.75 Å². The molecule has 0 unspecified atom stereocenters. The van der Waals surface area contributed by atoms with Gasteiger partial charge in [0.2, 0.25) is 0 Å². The van der Waals surface area contributed by atoms with E-state index in [1.165, 1.54) is 0 Å². The second-order valence-electron chi connectivity index (χ2n) is 6.23. The summed E-state index contributed by atoms with van der Waals surface area (Å²) in [7, 11) is 0. The van der Waals surface area contributed by atoms with Gasteiger partial charge in [-0.15, -0.1) is 0 Å².